The third-order valence-electron chi connectivity index (χ3n) is 2.52. The summed E-state index contributed by atoms with van der Waals surface area (Å²) < 4.78 is 10.0. The number of hydrogen-bond acceptors (Lipinski definition) is 4. The van der Waals surface area contributed by atoms with E-state index >= 15 is 0 Å². The first-order chi connectivity index (χ1) is 8.29. The molecule has 2 N–H and O–H groups in total. The van der Waals surface area contributed by atoms with Crippen LogP contribution in [-0.2, 0) is 16.1 Å². The molecule has 1 aromatic carbocycles. The number of epoxide rings is 1. The number of nitrogens with one attached hydrogen (secondary N) is 1. The molecule has 92 valence electrons. The molecule has 1 fully saturated rings. The van der Waals surface area contributed by atoms with Crippen molar-refractivity contribution >= 4 is 6.09 Å². The molecule has 1 heterocycles. The zero-order valence-corrected chi connectivity index (χ0v) is 9.33. The van der Waals surface area contributed by atoms with E-state index in [0.717, 1.165) is 5.56 Å². The Kier molecular flexibility index (Phi) is 3.95. The Morgan fingerprint density at radius 1 is 1.53 bits per heavy atom. The smallest absolute Gasteiger partial charge is 0.407 e. The highest BCUT2D eigenvalue weighted by Gasteiger charge is 2.33. The van der Waals surface area contributed by atoms with Crippen molar-refractivity contribution in [3.63, 3.8) is 0 Å². The van der Waals surface area contributed by atoms with Gasteiger partial charge < -0.3 is 19.9 Å². The van der Waals surface area contributed by atoms with E-state index in [1.807, 2.05) is 30.3 Å². The van der Waals surface area contributed by atoms with Gasteiger partial charge in [-0.1, -0.05) is 30.3 Å². The fourth-order valence-electron chi connectivity index (χ4n) is 1.46. The van der Waals surface area contributed by atoms with Crippen molar-refractivity contribution in [2.24, 2.45) is 0 Å². The molecule has 17 heavy (non-hydrogen) atoms. The van der Waals surface area contributed by atoms with E-state index in [-0.39, 0.29) is 25.4 Å². The second-order valence-electron chi connectivity index (χ2n) is 3.87. The lowest BCUT2D eigenvalue weighted by atomic mass is 10.2. The predicted molar refractivity (Wildman–Crippen MR) is 60.4 cm³/mol. The molecule has 1 aromatic rings. The first-order valence-electron chi connectivity index (χ1n) is 5.49. The Balaban J connectivity index is 1.73. The van der Waals surface area contributed by atoms with E-state index in [4.69, 9.17) is 14.6 Å². The van der Waals surface area contributed by atoms with Crippen LogP contribution < -0.4 is 5.32 Å². The molecule has 1 saturated heterocycles. The summed E-state index contributed by atoms with van der Waals surface area (Å²) in [6.45, 7) is 0.644. The molecule has 0 radical (unpaired) electrons. The first-order valence-corrected chi connectivity index (χ1v) is 5.49. The highest BCUT2D eigenvalue weighted by atomic mass is 16.6. The van der Waals surface area contributed by atoms with Crippen molar-refractivity contribution in [2.45, 2.75) is 18.8 Å². The second kappa shape index (κ2) is 5.65. The molecule has 1 aliphatic rings. The van der Waals surface area contributed by atoms with Crippen molar-refractivity contribution in [3.05, 3.63) is 35.9 Å². The van der Waals surface area contributed by atoms with Gasteiger partial charge in [-0.05, 0) is 5.56 Å². The number of benzene rings is 1. The van der Waals surface area contributed by atoms with Crippen molar-refractivity contribution in [3.8, 4) is 0 Å². The highest BCUT2D eigenvalue weighted by molar-refractivity contribution is 5.67. The van der Waals surface area contributed by atoms with Gasteiger partial charge in [-0.2, -0.15) is 0 Å². The molecule has 2 rings (SSSR count). The Morgan fingerprint density at radius 2 is 2.24 bits per heavy atom. The van der Waals surface area contributed by atoms with Gasteiger partial charge in [0, 0.05) is 0 Å². The fraction of sp³-hybridized carbons (Fsp3) is 0.417. The minimum atomic E-state index is -0.539. The Labute approximate surface area is 99.3 Å². The highest BCUT2D eigenvalue weighted by Crippen LogP contribution is 2.13. The van der Waals surface area contributed by atoms with Crippen LogP contribution in [0.5, 0.6) is 0 Å². The molecule has 0 bridgehead atoms. The van der Waals surface area contributed by atoms with Crippen molar-refractivity contribution in [2.75, 3.05) is 13.2 Å². The minimum absolute atomic E-state index is 0.0794. The monoisotopic (exact) mass is 237 g/mol. The zero-order valence-electron chi connectivity index (χ0n) is 9.33. The third-order valence-corrected chi connectivity index (χ3v) is 2.52. The summed E-state index contributed by atoms with van der Waals surface area (Å²) in [5.41, 5.74) is 0.922. The van der Waals surface area contributed by atoms with Gasteiger partial charge in [-0.25, -0.2) is 4.79 Å². The van der Waals surface area contributed by atoms with Crippen LogP contribution in [0.25, 0.3) is 0 Å². The SMILES string of the molecule is O=C(NC(CO)C1CO1)OCc1ccccc1. The lowest BCUT2D eigenvalue weighted by Gasteiger charge is -2.13. The summed E-state index contributed by atoms with van der Waals surface area (Å²) in [6, 6.07) is 9.03. The van der Waals surface area contributed by atoms with Crippen LogP contribution in [0.3, 0.4) is 0 Å². The maximum Gasteiger partial charge on any atom is 0.407 e. The maximum atomic E-state index is 11.4. The summed E-state index contributed by atoms with van der Waals surface area (Å²) in [4.78, 5) is 11.4. The van der Waals surface area contributed by atoms with Crippen molar-refractivity contribution in [1.82, 2.24) is 5.32 Å². The average molecular weight is 237 g/mol. The second-order valence-corrected chi connectivity index (χ2v) is 3.87. The largest absolute Gasteiger partial charge is 0.445 e. The van der Waals surface area contributed by atoms with E-state index < -0.39 is 6.09 Å². The van der Waals surface area contributed by atoms with Crippen LogP contribution in [0.2, 0.25) is 0 Å². The number of rotatable bonds is 5. The summed E-state index contributed by atoms with van der Waals surface area (Å²) in [5, 5.41) is 11.6. The van der Waals surface area contributed by atoms with Crippen molar-refractivity contribution < 1.29 is 19.4 Å². The van der Waals surface area contributed by atoms with Gasteiger partial charge in [0.15, 0.2) is 0 Å². The number of carbonyl (C=O) groups excluding carboxylic acids is 1. The zero-order chi connectivity index (χ0) is 12.1. The van der Waals surface area contributed by atoms with Gasteiger partial charge in [-0.15, -0.1) is 0 Å². The summed E-state index contributed by atoms with van der Waals surface area (Å²) in [7, 11) is 0. The molecule has 0 aliphatic carbocycles. The maximum absolute atomic E-state index is 11.4. The third kappa shape index (κ3) is 3.72. The number of aliphatic hydroxyl groups is 1. The van der Waals surface area contributed by atoms with Crippen LogP contribution >= 0.6 is 0 Å². The van der Waals surface area contributed by atoms with Gasteiger partial charge >= 0.3 is 6.09 Å². The van der Waals surface area contributed by atoms with E-state index in [1.54, 1.807) is 0 Å². The number of amides is 1. The van der Waals surface area contributed by atoms with Crippen LogP contribution in [0.4, 0.5) is 4.79 Å². The Hall–Kier alpha value is -1.59. The quantitative estimate of drug-likeness (QED) is 0.738. The van der Waals surface area contributed by atoms with Crippen LogP contribution in [-0.4, -0.2) is 36.6 Å². The van der Waals surface area contributed by atoms with Crippen LogP contribution in [0, 0.1) is 0 Å². The van der Waals surface area contributed by atoms with E-state index in [0.29, 0.717) is 6.61 Å². The molecule has 5 nitrogen and oxygen atoms in total. The van der Waals surface area contributed by atoms with E-state index in [1.165, 1.54) is 0 Å². The lowest BCUT2D eigenvalue weighted by Crippen LogP contribution is -2.41. The normalized spacial score (nSPS) is 19.5. The first kappa shape index (κ1) is 11.9. The number of ether oxygens (including phenoxy) is 2. The molecule has 2 atom stereocenters. The van der Waals surface area contributed by atoms with Gasteiger partial charge in [0.25, 0.3) is 0 Å². The summed E-state index contributed by atoms with van der Waals surface area (Å²) in [6.07, 6.45) is -0.618. The van der Waals surface area contributed by atoms with Gasteiger partial charge in [0.05, 0.1) is 19.3 Å². The van der Waals surface area contributed by atoms with Gasteiger partial charge in [-0.3, -0.25) is 0 Å². The number of hydrogen-bond donors (Lipinski definition) is 2. The van der Waals surface area contributed by atoms with Gasteiger partial charge in [0.1, 0.15) is 12.7 Å². The Morgan fingerprint density at radius 3 is 2.82 bits per heavy atom. The van der Waals surface area contributed by atoms with E-state index in [2.05, 4.69) is 5.32 Å². The molecule has 5 heteroatoms. The molecule has 2 unspecified atom stereocenters. The van der Waals surface area contributed by atoms with Gasteiger partial charge in [0.2, 0.25) is 0 Å². The van der Waals surface area contributed by atoms with Crippen LogP contribution in [0.1, 0.15) is 5.56 Å². The lowest BCUT2D eigenvalue weighted by molar-refractivity contribution is 0.125. The number of alkyl carbamates (subject to hydrolysis) is 1. The standard InChI is InChI=1S/C12H15NO4/c14-6-10(11-8-16-11)13-12(15)17-7-9-4-2-1-3-5-9/h1-5,10-11,14H,6-8H2,(H,13,15). The molecule has 0 aromatic heterocycles. The number of aliphatic hydroxyl groups excluding tert-OH is 1. The average Bonchev–Trinajstić information content (AvgIpc) is 3.19. The Bertz CT molecular complexity index is 364. The van der Waals surface area contributed by atoms with Crippen LogP contribution in [0.15, 0.2) is 30.3 Å². The topological polar surface area (TPSA) is 71.1 Å². The predicted octanol–water partition coefficient (Wildman–Crippen LogP) is 0.672. The summed E-state index contributed by atoms with van der Waals surface area (Å²) >= 11 is 0. The fourth-order valence-corrected chi connectivity index (χ4v) is 1.46. The molecule has 1 aliphatic heterocycles. The number of carbonyl (C=O) groups is 1. The minimum Gasteiger partial charge on any atom is -0.445 e. The molecule has 0 spiro atoms. The summed E-state index contributed by atoms with van der Waals surface area (Å²) in [5.74, 6) is 0. The molecular weight excluding hydrogens is 222 g/mol. The molecule has 1 amide bonds. The van der Waals surface area contributed by atoms with Crippen molar-refractivity contribution in [1.29, 1.82) is 0 Å². The van der Waals surface area contributed by atoms with E-state index in [9.17, 15) is 4.79 Å². The molecular formula is C12H15NO4. The molecule has 0 saturated carbocycles.